The van der Waals surface area contributed by atoms with Gasteiger partial charge in [-0.2, -0.15) is 4.73 Å². The number of nitrogens with zero attached hydrogens (tertiary/aromatic N) is 2. The first-order valence-electron chi connectivity index (χ1n) is 3.80. The van der Waals surface area contributed by atoms with Gasteiger partial charge in [0.15, 0.2) is 0 Å². The molecule has 4 nitrogen and oxygen atoms in total. The second-order valence-electron chi connectivity index (χ2n) is 2.66. The van der Waals surface area contributed by atoms with Crippen LogP contribution in [0, 0.1) is 0 Å². The van der Waals surface area contributed by atoms with E-state index in [-0.39, 0.29) is 0 Å². The fourth-order valence-electron chi connectivity index (χ4n) is 1.30. The first-order chi connectivity index (χ1) is 6.33. The lowest BCUT2D eigenvalue weighted by Gasteiger charge is -2.08. The highest BCUT2D eigenvalue weighted by Crippen LogP contribution is 2.14. The maximum atomic E-state index is 9.38. The van der Waals surface area contributed by atoms with Gasteiger partial charge in [-0.05, 0) is 24.3 Å². The molecule has 2 aliphatic rings. The summed E-state index contributed by atoms with van der Waals surface area (Å²) in [6.45, 7) is 0. The van der Waals surface area contributed by atoms with Crippen LogP contribution in [0.5, 0.6) is 0 Å². The standard InChI is InChI=1S/C9H8N2O2/c12-10-8-4-1-5-9-7(8)3-2-6-11(9)13/h1-6,12-13H. The van der Waals surface area contributed by atoms with Gasteiger partial charge in [0.1, 0.15) is 5.36 Å². The highest BCUT2D eigenvalue weighted by molar-refractivity contribution is 5.59. The van der Waals surface area contributed by atoms with Crippen LogP contribution in [0.3, 0.4) is 0 Å². The van der Waals surface area contributed by atoms with E-state index in [1.54, 1.807) is 30.3 Å². The Morgan fingerprint density at radius 3 is 2.77 bits per heavy atom. The molecular formula is C9H8N2O2. The van der Waals surface area contributed by atoms with Crippen molar-refractivity contribution in [1.82, 2.24) is 4.73 Å². The summed E-state index contributed by atoms with van der Waals surface area (Å²) < 4.78 is 0.990. The van der Waals surface area contributed by atoms with E-state index in [4.69, 9.17) is 5.21 Å². The molecule has 0 aromatic carbocycles. The highest BCUT2D eigenvalue weighted by Gasteiger charge is 2.05. The molecular weight excluding hydrogens is 168 g/mol. The second-order valence-corrected chi connectivity index (χ2v) is 2.66. The number of hydrogen-bond acceptors (Lipinski definition) is 3. The molecule has 0 amide bonds. The zero-order valence-electron chi connectivity index (χ0n) is 6.75. The molecule has 1 heterocycles. The van der Waals surface area contributed by atoms with Crippen LogP contribution in [0.15, 0.2) is 41.7 Å². The minimum atomic E-state index is 0.445. The van der Waals surface area contributed by atoms with Crippen LogP contribution in [-0.2, 0) is 0 Å². The second kappa shape index (κ2) is 2.82. The number of fused-ring (bicyclic) bond motifs is 1. The summed E-state index contributed by atoms with van der Waals surface area (Å²) in [5.74, 6) is 0. The van der Waals surface area contributed by atoms with E-state index in [2.05, 4.69) is 5.16 Å². The maximum Gasteiger partial charge on any atom is 0.112 e. The fourth-order valence-corrected chi connectivity index (χ4v) is 1.30. The maximum absolute atomic E-state index is 9.38. The molecule has 0 radical (unpaired) electrons. The predicted molar refractivity (Wildman–Crippen MR) is 45.6 cm³/mol. The summed E-state index contributed by atoms with van der Waals surface area (Å²) in [6, 6.07) is 8.57. The monoisotopic (exact) mass is 176 g/mol. The number of rotatable bonds is 0. The lowest BCUT2D eigenvalue weighted by molar-refractivity contribution is 0.189. The van der Waals surface area contributed by atoms with E-state index >= 15 is 0 Å². The average molecular weight is 176 g/mol. The zero-order chi connectivity index (χ0) is 9.26. The summed E-state index contributed by atoms with van der Waals surface area (Å²) in [7, 11) is 0. The third-order valence-corrected chi connectivity index (χ3v) is 1.90. The van der Waals surface area contributed by atoms with E-state index < -0.39 is 0 Å². The molecule has 13 heavy (non-hydrogen) atoms. The van der Waals surface area contributed by atoms with Crippen LogP contribution < -0.4 is 5.36 Å². The molecule has 0 fully saturated rings. The van der Waals surface area contributed by atoms with Crippen LogP contribution in [-0.4, -0.2) is 15.1 Å². The van der Waals surface area contributed by atoms with Crippen molar-refractivity contribution in [2.45, 2.75) is 0 Å². The molecule has 66 valence electrons. The molecule has 0 unspecified atom stereocenters. The van der Waals surface area contributed by atoms with Crippen LogP contribution in [0.2, 0.25) is 0 Å². The molecule has 0 spiro atoms. The van der Waals surface area contributed by atoms with Crippen molar-refractivity contribution < 1.29 is 10.4 Å². The first kappa shape index (κ1) is 7.67. The molecule has 0 bridgehead atoms. The lowest BCUT2D eigenvalue weighted by atomic mass is 10.1. The van der Waals surface area contributed by atoms with E-state index in [9.17, 15) is 5.21 Å². The van der Waals surface area contributed by atoms with Crippen molar-refractivity contribution in [3.05, 3.63) is 41.9 Å². The normalized spacial score (nSPS) is 12.2. The van der Waals surface area contributed by atoms with Crippen molar-refractivity contribution in [1.29, 1.82) is 0 Å². The lowest BCUT2D eigenvalue weighted by Crippen LogP contribution is -2.10. The summed E-state index contributed by atoms with van der Waals surface area (Å²) >= 11 is 0. The van der Waals surface area contributed by atoms with Gasteiger partial charge in [-0.1, -0.05) is 11.2 Å². The van der Waals surface area contributed by atoms with Crippen molar-refractivity contribution >= 4 is 0 Å². The van der Waals surface area contributed by atoms with E-state index in [0.29, 0.717) is 16.6 Å². The Morgan fingerprint density at radius 1 is 1.15 bits per heavy atom. The van der Waals surface area contributed by atoms with E-state index in [1.165, 1.54) is 6.20 Å². The smallest absolute Gasteiger partial charge is 0.112 e. The minimum Gasteiger partial charge on any atom is -0.428 e. The average Bonchev–Trinajstić information content (AvgIpc) is 2.18. The third-order valence-electron chi connectivity index (χ3n) is 1.90. The molecule has 0 aromatic heterocycles. The van der Waals surface area contributed by atoms with Gasteiger partial charge in [0.2, 0.25) is 0 Å². The Hall–Kier alpha value is -1.97. The molecule has 1 aliphatic carbocycles. The Morgan fingerprint density at radius 2 is 2.00 bits per heavy atom. The van der Waals surface area contributed by atoms with Crippen LogP contribution in [0.4, 0.5) is 0 Å². The molecule has 0 atom stereocenters. The van der Waals surface area contributed by atoms with Gasteiger partial charge in [-0.3, -0.25) is 0 Å². The minimum absolute atomic E-state index is 0.445. The topological polar surface area (TPSA) is 57.8 Å². The van der Waals surface area contributed by atoms with Crippen molar-refractivity contribution in [2.75, 3.05) is 0 Å². The molecule has 1 aliphatic heterocycles. The number of benzene rings is 1. The van der Waals surface area contributed by atoms with Gasteiger partial charge in [0.25, 0.3) is 0 Å². The van der Waals surface area contributed by atoms with Gasteiger partial charge < -0.3 is 10.4 Å². The van der Waals surface area contributed by atoms with E-state index in [1.807, 2.05) is 0 Å². The quantitative estimate of drug-likeness (QED) is 0.359. The van der Waals surface area contributed by atoms with Crippen LogP contribution in [0.25, 0.3) is 11.3 Å². The fraction of sp³-hybridized carbons (Fsp3) is 0. The van der Waals surface area contributed by atoms with Crippen LogP contribution in [0.1, 0.15) is 0 Å². The largest absolute Gasteiger partial charge is 0.428 e. The number of hydrogen-bond donors (Lipinski definition) is 2. The Balaban J connectivity index is 2.89. The van der Waals surface area contributed by atoms with Crippen molar-refractivity contribution in [3.63, 3.8) is 0 Å². The Labute approximate surface area is 74.3 Å². The van der Waals surface area contributed by atoms with Gasteiger partial charge >= 0.3 is 0 Å². The molecule has 0 saturated carbocycles. The van der Waals surface area contributed by atoms with Gasteiger partial charge in [0.05, 0.1) is 5.69 Å². The number of pyridine rings is 1. The molecule has 2 N–H and O–H groups in total. The summed E-state index contributed by atoms with van der Waals surface area (Å²) in [4.78, 5) is 0. The molecule has 4 heteroatoms. The van der Waals surface area contributed by atoms with Gasteiger partial charge in [-0.25, -0.2) is 0 Å². The summed E-state index contributed by atoms with van der Waals surface area (Å²) in [5, 5.41) is 21.6. The molecule has 2 rings (SSSR count). The highest BCUT2D eigenvalue weighted by atomic mass is 16.5. The number of aromatic nitrogens is 1. The Bertz CT molecular complexity index is 462. The first-order valence-corrected chi connectivity index (χ1v) is 3.80. The predicted octanol–water partition coefficient (Wildman–Crippen LogP) is 1.12. The van der Waals surface area contributed by atoms with Crippen molar-refractivity contribution in [3.8, 4) is 11.3 Å². The van der Waals surface area contributed by atoms with Crippen LogP contribution >= 0.6 is 0 Å². The third kappa shape index (κ3) is 1.12. The summed E-state index contributed by atoms with van der Waals surface area (Å²) in [5.41, 5.74) is 1.31. The molecule has 0 saturated heterocycles. The molecule has 0 aromatic rings. The summed E-state index contributed by atoms with van der Waals surface area (Å²) in [6.07, 6.45) is 1.52. The van der Waals surface area contributed by atoms with Crippen molar-refractivity contribution in [2.24, 2.45) is 5.16 Å². The van der Waals surface area contributed by atoms with Gasteiger partial charge in [-0.15, -0.1) is 0 Å². The zero-order valence-corrected chi connectivity index (χ0v) is 6.75. The van der Waals surface area contributed by atoms with Gasteiger partial charge in [0, 0.05) is 11.8 Å². The Kier molecular flexibility index (Phi) is 1.66. The van der Waals surface area contributed by atoms with E-state index in [0.717, 1.165) is 4.73 Å². The SMILES string of the molecule is ON=c1cccc2n(O)cccc1-2.